The van der Waals surface area contributed by atoms with Gasteiger partial charge in [-0.15, -0.1) is 0 Å². The highest BCUT2D eigenvalue weighted by Gasteiger charge is 2.18. The fourth-order valence-corrected chi connectivity index (χ4v) is 2.47. The van der Waals surface area contributed by atoms with Crippen molar-refractivity contribution in [3.8, 4) is 0 Å². The first-order chi connectivity index (χ1) is 9.72. The average Bonchev–Trinajstić information content (AvgIpc) is 3.01. The average molecular weight is 276 g/mol. The van der Waals surface area contributed by atoms with Crippen molar-refractivity contribution in [1.29, 1.82) is 5.41 Å². The number of aliphatic imine (C=N–C) groups is 1. The van der Waals surface area contributed by atoms with Gasteiger partial charge >= 0.3 is 0 Å². The predicted octanol–water partition coefficient (Wildman–Crippen LogP) is 3.58. The van der Waals surface area contributed by atoms with E-state index in [0.29, 0.717) is 12.0 Å². The van der Waals surface area contributed by atoms with Crippen molar-refractivity contribution in [3.63, 3.8) is 0 Å². The van der Waals surface area contributed by atoms with Crippen molar-refractivity contribution >= 4 is 12.6 Å². The molecule has 1 unspecified atom stereocenters. The molecule has 3 N–H and O–H groups in total. The van der Waals surface area contributed by atoms with Crippen LogP contribution in [0.5, 0.6) is 0 Å². The van der Waals surface area contributed by atoms with E-state index in [1.54, 1.807) is 0 Å². The second-order valence-corrected chi connectivity index (χ2v) is 5.31. The minimum atomic E-state index is 0.526. The molecule has 1 aliphatic carbocycles. The third kappa shape index (κ3) is 4.51. The van der Waals surface area contributed by atoms with Gasteiger partial charge in [0.15, 0.2) is 0 Å². The van der Waals surface area contributed by atoms with E-state index in [4.69, 9.17) is 10.4 Å². The van der Waals surface area contributed by atoms with E-state index in [2.05, 4.69) is 43.4 Å². The number of nitrogens with one attached hydrogen (secondary N) is 3. The summed E-state index contributed by atoms with van der Waals surface area (Å²) >= 11 is 0. The molecule has 0 aromatic carbocycles. The lowest BCUT2D eigenvalue weighted by atomic mass is 10.0. The minimum Gasteiger partial charge on any atom is -0.345 e. The first-order valence-corrected chi connectivity index (χ1v) is 7.58. The fourth-order valence-electron chi connectivity index (χ4n) is 2.47. The second kappa shape index (κ2) is 8.56. The highest BCUT2D eigenvalue weighted by atomic mass is 15.2. The SMILES string of the molecule is C/C=C1/NC(C(C)CC)=CC(=NC2CCCC2)N1.C=N. The Morgan fingerprint density at radius 3 is 2.60 bits per heavy atom. The number of hydrogen-bond acceptors (Lipinski definition) is 3. The van der Waals surface area contributed by atoms with Gasteiger partial charge in [0.1, 0.15) is 11.7 Å². The molecule has 0 spiro atoms. The normalized spacial score (nSPS) is 24.4. The standard InChI is InChI=1S/C15H25N3.CH3N/c1-4-11(3)13-10-15(18-14(5-2)17-13)16-12-8-6-7-9-12;1-2/h5,10-12,17H,4,6-9H2,1-3H3,(H,16,18);2H,1H2/b14-5-;. The van der Waals surface area contributed by atoms with Gasteiger partial charge in [-0.1, -0.05) is 26.7 Å². The van der Waals surface area contributed by atoms with Crippen LogP contribution in [0.25, 0.3) is 0 Å². The number of amidine groups is 1. The fraction of sp³-hybridized carbons (Fsp3) is 0.625. The van der Waals surface area contributed by atoms with Crippen molar-refractivity contribution in [2.75, 3.05) is 0 Å². The Balaban J connectivity index is 0.000000956. The zero-order valence-electron chi connectivity index (χ0n) is 13.0. The zero-order valence-corrected chi connectivity index (χ0v) is 13.0. The van der Waals surface area contributed by atoms with Gasteiger partial charge in [-0.2, -0.15) is 0 Å². The van der Waals surface area contributed by atoms with E-state index in [9.17, 15) is 0 Å². The Morgan fingerprint density at radius 2 is 2.05 bits per heavy atom. The molecule has 112 valence electrons. The summed E-state index contributed by atoms with van der Waals surface area (Å²) in [5.74, 6) is 2.64. The molecule has 4 nitrogen and oxygen atoms in total. The minimum absolute atomic E-state index is 0.526. The molecular weight excluding hydrogens is 248 g/mol. The van der Waals surface area contributed by atoms with Crippen LogP contribution in [0.4, 0.5) is 0 Å². The topological polar surface area (TPSA) is 60.3 Å². The van der Waals surface area contributed by atoms with Gasteiger partial charge < -0.3 is 16.0 Å². The van der Waals surface area contributed by atoms with Crippen molar-refractivity contribution in [3.05, 3.63) is 23.7 Å². The van der Waals surface area contributed by atoms with E-state index in [0.717, 1.165) is 18.1 Å². The van der Waals surface area contributed by atoms with E-state index >= 15 is 0 Å². The van der Waals surface area contributed by atoms with Gasteiger partial charge in [-0.05, 0) is 44.9 Å². The van der Waals surface area contributed by atoms with E-state index in [-0.39, 0.29) is 0 Å². The van der Waals surface area contributed by atoms with Crippen LogP contribution in [0.2, 0.25) is 0 Å². The van der Waals surface area contributed by atoms with Crippen LogP contribution in [0.1, 0.15) is 52.9 Å². The summed E-state index contributed by atoms with van der Waals surface area (Å²) < 4.78 is 0. The highest BCUT2D eigenvalue weighted by molar-refractivity contribution is 5.96. The third-order valence-corrected chi connectivity index (χ3v) is 3.91. The Hall–Kier alpha value is -1.58. The molecule has 2 rings (SSSR count). The summed E-state index contributed by atoms with van der Waals surface area (Å²) in [6.45, 7) is 9.02. The highest BCUT2D eigenvalue weighted by Crippen LogP contribution is 2.22. The number of rotatable bonds is 3. The summed E-state index contributed by atoms with van der Waals surface area (Å²) in [6.07, 6.45) is 10.5. The van der Waals surface area contributed by atoms with E-state index in [1.807, 2.05) is 6.92 Å². The third-order valence-electron chi connectivity index (χ3n) is 3.91. The maximum absolute atomic E-state index is 5.50. The zero-order chi connectivity index (χ0) is 15.0. The van der Waals surface area contributed by atoms with E-state index in [1.165, 1.54) is 31.4 Å². The summed E-state index contributed by atoms with van der Waals surface area (Å²) in [4.78, 5) is 4.85. The number of hydrogen-bond donors (Lipinski definition) is 3. The molecule has 4 heteroatoms. The van der Waals surface area contributed by atoms with Crippen LogP contribution in [0.3, 0.4) is 0 Å². The monoisotopic (exact) mass is 276 g/mol. The van der Waals surface area contributed by atoms with Gasteiger partial charge in [-0.3, -0.25) is 4.99 Å². The van der Waals surface area contributed by atoms with Crippen molar-refractivity contribution in [1.82, 2.24) is 10.6 Å². The first-order valence-electron chi connectivity index (χ1n) is 7.58. The second-order valence-electron chi connectivity index (χ2n) is 5.31. The molecule has 0 aromatic rings. The summed E-state index contributed by atoms with van der Waals surface area (Å²) in [5.41, 5.74) is 1.28. The predicted molar refractivity (Wildman–Crippen MR) is 87.1 cm³/mol. The van der Waals surface area contributed by atoms with Gasteiger partial charge in [0.05, 0.1) is 6.04 Å². The number of nitrogens with zero attached hydrogens (tertiary/aromatic N) is 1. The van der Waals surface area contributed by atoms with Crippen LogP contribution < -0.4 is 10.6 Å². The molecular formula is C16H28N4. The molecule has 0 aromatic heterocycles. The van der Waals surface area contributed by atoms with Crippen LogP contribution in [0.15, 0.2) is 28.7 Å². The summed E-state index contributed by atoms with van der Waals surface area (Å²) in [6, 6.07) is 0.526. The molecule has 0 saturated heterocycles. The molecule has 1 saturated carbocycles. The maximum atomic E-state index is 5.50. The molecule has 1 fully saturated rings. The lowest BCUT2D eigenvalue weighted by molar-refractivity contribution is 0.600. The molecule has 0 amide bonds. The molecule has 0 bridgehead atoms. The van der Waals surface area contributed by atoms with Crippen LogP contribution in [-0.2, 0) is 0 Å². The number of allylic oxidation sites excluding steroid dienone is 2. The maximum Gasteiger partial charge on any atom is 0.128 e. The van der Waals surface area contributed by atoms with Gasteiger partial charge in [0.25, 0.3) is 0 Å². The molecule has 0 radical (unpaired) electrons. The Labute approximate surface area is 123 Å². The molecule has 1 heterocycles. The Morgan fingerprint density at radius 1 is 1.40 bits per heavy atom. The molecule has 1 aliphatic heterocycles. The van der Waals surface area contributed by atoms with E-state index < -0.39 is 0 Å². The summed E-state index contributed by atoms with van der Waals surface area (Å²) in [5, 5.41) is 12.3. The Bertz CT molecular complexity index is 389. The largest absolute Gasteiger partial charge is 0.345 e. The lowest BCUT2D eigenvalue weighted by Gasteiger charge is -2.25. The van der Waals surface area contributed by atoms with Crippen molar-refractivity contribution in [2.24, 2.45) is 10.9 Å². The van der Waals surface area contributed by atoms with Gasteiger partial charge in [0, 0.05) is 11.8 Å². The quantitative estimate of drug-likeness (QED) is 0.690. The first kappa shape index (κ1) is 16.5. The molecule has 20 heavy (non-hydrogen) atoms. The smallest absolute Gasteiger partial charge is 0.128 e. The lowest BCUT2D eigenvalue weighted by Crippen LogP contribution is -2.38. The van der Waals surface area contributed by atoms with Crippen LogP contribution >= 0.6 is 0 Å². The van der Waals surface area contributed by atoms with Crippen molar-refractivity contribution in [2.45, 2.75) is 58.9 Å². The van der Waals surface area contributed by atoms with Crippen molar-refractivity contribution < 1.29 is 0 Å². The molecule has 2 aliphatic rings. The molecule has 1 atom stereocenters. The Kier molecular flexibility index (Phi) is 7.05. The van der Waals surface area contributed by atoms with Gasteiger partial charge in [0.2, 0.25) is 0 Å². The van der Waals surface area contributed by atoms with Gasteiger partial charge in [-0.25, -0.2) is 0 Å². The summed E-state index contributed by atoms with van der Waals surface area (Å²) in [7, 11) is 0. The van der Waals surface area contributed by atoms with Crippen LogP contribution in [-0.4, -0.2) is 18.6 Å². The van der Waals surface area contributed by atoms with Crippen LogP contribution in [0, 0.1) is 11.3 Å².